The molecule has 2 rings (SSSR count). The van der Waals surface area contributed by atoms with Gasteiger partial charge in [0.05, 0.1) is 13.3 Å². The summed E-state index contributed by atoms with van der Waals surface area (Å²) in [7, 11) is 1.59. The van der Waals surface area contributed by atoms with Crippen LogP contribution in [0.15, 0.2) is 59.8 Å². The Kier molecular flexibility index (Phi) is 6.17. The lowest BCUT2D eigenvalue weighted by Gasteiger charge is -2.10. The molecule has 0 aromatic heterocycles. The van der Waals surface area contributed by atoms with Crippen molar-refractivity contribution in [2.75, 3.05) is 7.11 Å². The Balaban J connectivity index is 1.82. The van der Waals surface area contributed by atoms with Crippen molar-refractivity contribution in [3.63, 3.8) is 0 Å². The number of ether oxygens (including phenoxy) is 1. The normalized spacial score (nSPS) is 11.9. The molecule has 0 spiro atoms. The molecule has 0 aliphatic heterocycles. The fourth-order valence-electron chi connectivity index (χ4n) is 1.93. The Labute approximate surface area is 135 Å². The topological polar surface area (TPSA) is 59.9 Å². The number of hydrogen-bond acceptors (Lipinski definition) is 4. The van der Waals surface area contributed by atoms with E-state index in [4.69, 9.17) is 9.57 Å². The highest BCUT2D eigenvalue weighted by atomic mass is 16.6. The number of nitrogens with one attached hydrogen (secondary N) is 1. The number of methoxy groups -OCH3 is 1. The molecule has 2 aromatic carbocycles. The Morgan fingerprint density at radius 1 is 1.17 bits per heavy atom. The summed E-state index contributed by atoms with van der Waals surface area (Å²) in [6.07, 6.45) is 0.851. The minimum absolute atomic E-state index is 0.217. The molecule has 0 saturated carbocycles. The summed E-state index contributed by atoms with van der Waals surface area (Å²) in [6.45, 7) is 2.11. The van der Waals surface area contributed by atoms with Crippen LogP contribution in [0.2, 0.25) is 0 Å². The summed E-state index contributed by atoms with van der Waals surface area (Å²) < 4.78 is 5.21. The SMILES string of the molecule is COc1ccccc1/C=N\O[C@H](C)C(=O)NCc1ccccc1. The third kappa shape index (κ3) is 5.14. The summed E-state index contributed by atoms with van der Waals surface area (Å²) in [6, 6.07) is 17.1. The molecule has 0 unspecified atom stereocenters. The molecular weight excluding hydrogens is 292 g/mol. The fraction of sp³-hybridized carbons (Fsp3) is 0.222. The van der Waals surface area contributed by atoms with Gasteiger partial charge in [0.2, 0.25) is 6.10 Å². The van der Waals surface area contributed by atoms with Crippen molar-refractivity contribution in [1.29, 1.82) is 0 Å². The Morgan fingerprint density at radius 3 is 2.61 bits per heavy atom. The van der Waals surface area contributed by atoms with Gasteiger partial charge in [-0.15, -0.1) is 0 Å². The van der Waals surface area contributed by atoms with Gasteiger partial charge in [-0.05, 0) is 24.6 Å². The summed E-state index contributed by atoms with van der Waals surface area (Å²) >= 11 is 0. The predicted molar refractivity (Wildman–Crippen MR) is 89.4 cm³/mol. The molecule has 0 aliphatic rings. The monoisotopic (exact) mass is 312 g/mol. The zero-order valence-electron chi connectivity index (χ0n) is 13.2. The average Bonchev–Trinajstić information content (AvgIpc) is 2.60. The minimum Gasteiger partial charge on any atom is -0.496 e. The second kappa shape index (κ2) is 8.58. The molecule has 0 bridgehead atoms. The second-order valence-electron chi connectivity index (χ2n) is 4.93. The van der Waals surface area contributed by atoms with Gasteiger partial charge in [0.15, 0.2) is 0 Å². The maximum absolute atomic E-state index is 11.9. The number of carbonyl (C=O) groups is 1. The van der Waals surface area contributed by atoms with Gasteiger partial charge in [0.25, 0.3) is 5.91 Å². The molecule has 5 nitrogen and oxygen atoms in total. The third-order valence-corrected chi connectivity index (χ3v) is 3.23. The van der Waals surface area contributed by atoms with E-state index in [9.17, 15) is 4.79 Å². The number of carbonyl (C=O) groups excluding carboxylic acids is 1. The van der Waals surface area contributed by atoms with E-state index >= 15 is 0 Å². The second-order valence-corrected chi connectivity index (χ2v) is 4.93. The number of nitrogens with zero attached hydrogens (tertiary/aromatic N) is 1. The van der Waals surface area contributed by atoms with Crippen LogP contribution in [0, 0.1) is 0 Å². The molecule has 1 N–H and O–H groups in total. The number of para-hydroxylation sites is 1. The highest BCUT2D eigenvalue weighted by Crippen LogP contribution is 2.14. The highest BCUT2D eigenvalue weighted by Gasteiger charge is 2.13. The van der Waals surface area contributed by atoms with Crippen LogP contribution in [0.3, 0.4) is 0 Å². The summed E-state index contributed by atoms with van der Waals surface area (Å²) in [5.74, 6) is 0.479. The highest BCUT2D eigenvalue weighted by molar-refractivity contribution is 5.83. The summed E-state index contributed by atoms with van der Waals surface area (Å²) in [4.78, 5) is 17.1. The van der Waals surface area contributed by atoms with Gasteiger partial charge < -0.3 is 14.9 Å². The molecule has 5 heteroatoms. The van der Waals surface area contributed by atoms with E-state index in [2.05, 4.69) is 10.5 Å². The van der Waals surface area contributed by atoms with Crippen molar-refractivity contribution >= 4 is 12.1 Å². The molecule has 0 radical (unpaired) electrons. The lowest BCUT2D eigenvalue weighted by Crippen LogP contribution is -2.33. The number of hydrogen-bond donors (Lipinski definition) is 1. The Bertz CT molecular complexity index is 656. The van der Waals surface area contributed by atoms with E-state index in [1.807, 2.05) is 54.6 Å². The van der Waals surface area contributed by atoms with Crippen molar-refractivity contribution in [1.82, 2.24) is 5.32 Å². The van der Waals surface area contributed by atoms with Crippen molar-refractivity contribution in [2.45, 2.75) is 19.6 Å². The minimum atomic E-state index is -0.676. The third-order valence-electron chi connectivity index (χ3n) is 3.23. The van der Waals surface area contributed by atoms with E-state index in [0.29, 0.717) is 12.3 Å². The maximum atomic E-state index is 11.9. The first kappa shape index (κ1) is 16.5. The zero-order valence-corrected chi connectivity index (χ0v) is 13.2. The Morgan fingerprint density at radius 2 is 1.87 bits per heavy atom. The van der Waals surface area contributed by atoms with Gasteiger partial charge in [-0.2, -0.15) is 0 Å². The zero-order chi connectivity index (χ0) is 16.5. The van der Waals surface area contributed by atoms with E-state index < -0.39 is 6.10 Å². The lowest BCUT2D eigenvalue weighted by atomic mass is 10.2. The standard InChI is InChI=1S/C18H20N2O3/c1-14(18(21)19-12-15-8-4-3-5-9-15)23-20-13-16-10-6-7-11-17(16)22-2/h3-11,13-14H,12H2,1-2H3,(H,19,21)/b20-13-/t14-/m1/s1. The lowest BCUT2D eigenvalue weighted by molar-refractivity contribution is -0.131. The van der Waals surface area contributed by atoms with Crippen LogP contribution >= 0.6 is 0 Å². The number of oxime groups is 1. The van der Waals surface area contributed by atoms with Crippen LogP contribution in [-0.4, -0.2) is 25.3 Å². The number of benzene rings is 2. The van der Waals surface area contributed by atoms with Crippen molar-refractivity contribution < 1.29 is 14.4 Å². The van der Waals surface area contributed by atoms with Crippen LogP contribution in [0.1, 0.15) is 18.1 Å². The van der Waals surface area contributed by atoms with Gasteiger partial charge in [0.1, 0.15) is 5.75 Å². The van der Waals surface area contributed by atoms with Crippen LogP contribution in [0.4, 0.5) is 0 Å². The molecule has 23 heavy (non-hydrogen) atoms. The average molecular weight is 312 g/mol. The van der Waals surface area contributed by atoms with Gasteiger partial charge in [-0.3, -0.25) is 4.79 Å². The largest absolute Gasteiger partial charge is 0.496 e. The first-order valence-electron chi connectivity index (χ1n) is 7.34. The molecule has 0 saturated heterocycles. The van der Waals surface area contributed by atoms with Crippen molar-refractivity contribution in [2.24, 2.45) is 5.16 Å². The molecule has 2 aromatic rings. The van der Waals surface area contributed by atoms with E-state index in [1.165, 1.54) is 6.21 Å². The van der Waals surface area contributed by atoms with E-state index in [1.54, 1.807) is 14.0 Å². The molecule has 0 aliphatic carbocycles. The van der Waals surface area contributed by atoms with Crippen molar-refractivity contribution in [3.8, 4) is 5.75 Å². The number of amides is 1. The Hall–Kier alpha value is -2.82. The van der Waals surface area contributed by atoms with E-state index in [0.717, 1.165) is 11.1 Å². The molecule has 0 fully saturated rings. The molecule has 1 amide bonds. The first-order chi connectivity index (χ1) is 11.2. The van der Waals surface area contributed by atoms with Crippen LogP contribution in [0.5, 0.6) is 5.75 Å². The molecule has 120 valence electrons. The maximum Gasteiger partial charge on any atom is 0.263 e. The van der Waals surface area contributed by atoms with Gasteiger partial charge >= 0.3 is 0 Å². The summed E-state index contributed by atoms with van der Waals surface area (Å²) in [5, 5.41) is 6.67. The van der Waals surface area contributed by atoms with Gasteiger partial charge in [-0.1, -0.05) is 47.6 Å². The molecule has 0 heterocycles. The van der Waals surface area contributed by atoms with Crippen LogP contribution in [-0.2, 0) is 16.2 Å². The van der Waals surface area contributed by atoms with Crippen molar-refractivity contribution in [3.05, 3.63) is 65.7 Å². The number of rotatable bonds is 7. The fourth-order valence-corrected chi connectivity index (χ4v) is 1.93. The molecule has 1 atom stereocenters. The van der Waals surface area contributed by atoms with Crippen LogP contribution in [0.25, 0.3) is 0 Å². The van der Waals surface area contributed by atoms with Gasteiger partial charge in [-0.25, -0.2) is 0 Å². The first-order valence-corrected chi connectivity index (χ1v) is 7.34. The van der Waals surface area contributed by atoms with E-state index in [-0.39, 0.29) is 5.91 Å². The van der Waals surface area contributed by atoms with Crippen LogP contribution < -0.4 is 10.1 Å². The smallest absolute Gasteiger partial charge is 0.263 e. The quantitative estimate of drug-likeness (QED) is 0.632. The predicted octanol–water partition coefficient (Wildman–Crippen LogP) is 2.75. The molecular formula is C18H20N2O3. The van der Waals surface area contributed by atoms with Gasteiger partial charge in [0, 0.05) is 12.1 Å². The summed E-state index contributed by atoms with van der Waals surface area (Å²) in [5.41, 5.74) is 1.82.